The van der Waals surface area contributed by atoms with Crippen LogP contribution in [0.15, 0.2) is 6.20 Å². The third kappa shape index (κ3) is 2.13. The maximum Gasteiger partial charge on any atom is 0.264 e. The van der Waals surface area contributed by atoms with Gasteiger partial charge in [-0.1, -0.05) is 11.6 Å². The van der Waals surface area contributed by atoms with Crippen molar-refractivity contribution in [1.29, 1.82) is 0 Å². The molecule has 1 aromatic heterocycles. The lowest BCUT2D eigenvalue weighted by Gasteiger charge is -2.11. The maximum atomic E-state index is 12.6. The summed E-state index contributed by atoms with van der Waals surface area (Å²) in [5, 5.41) is 8.75. The van der Waals surface area contributed by atoms with Crippen molar-refractivity contribution in [2.45, 2.75) is 18.9 Å². The molecule has 0 saturated heterocycles. The first-order valence-electron chi connectivity index (χ1n) is 3.73. The Morgan fingerprint density at radius 3 is 2.57 bits per heavy atom. The quantitative estimate of drug-likeness (QED) is 0.652. The molecule has 1 N–H and O–H groups in total. The number of nitrogens with zero attached hydrogens (tertiary/aromatic N) is 1. The molecule has 0 aliphatic carbocycles. The molecule has 0 spiro atoms. The molecular weight excluding hydrogens is 235 g/mol. The van der Waals surface area contributed by atoms with Gasteiger partial charge in [-0.25, -0.2) is 13.8 Å². The van der Waals surface area contributed by atoms with Crippen LogP contribution in [0.1, 0.15) is 23.1 Å². The third-order valence-corrected chi connectivity index (χ3v) is 2.39. The van der Waals surface area contributed by atoms with E-state index in [0.717, 1.165) is 0 Å². The summed E-state index contributed by atoms with van der Waals surface area (Å²) in [6.45, 7) is -0.573. The lowest BCUT2D eigenvalue weighted by molar-refractivity contribution is 0.146. The summed E-state index contributed by atoms with van der Waals surface area (Å²) < 4.78 is 25.2. The van der Waals surface area contributed by atoms with E-state index >= 15 is 0 Å². The first kappa shape index (κ1) is 11.6. The molecule has 14 heavy (non-hydrogen) atoms. The van der Waals surface area contributed by atoms with Crippen molar-refractivity contribution >= 4 is 23.2 Å². The standard InChI is InChI=1S/C8H7Cl2F2NO/c9-1-4-2-13-7(10)5(3-14)6(4)8(11)12/h2,8,14H,1,3H2. The van der Waals surface area contributed by atoms with Gasteiger partial charge in [0.05, 0.1) is 6.61 Å². The minimum absolute atomic E-state index is 0.0557. The molecule has 0 atom stereocenters. The molecule has 0 bridgehead atoms. The number of rotatable bonds is 3. The summed E-state index contributed by atoms with van der Waals surface area (Å²) in [6, 6.07) is 0. The van der Waals surface area contributed by atoms with Crippen LogP contribution in [0.25, 0.3) is 0 Å². The Morgan fingerprint density at radius 2 is 2.14 bits per heavy atom. The molecule has 2 nitrogen and oxygen atoms in total. The van der Waals surface area contributed by atoms with Crippen LogP contribution in [0.5, 0.6) is 0 Å². The molecule has 0 aliphatic rings. The van der Waals surface area contributed by atoms with Crippen LogP contribution >= 0.6 is 23.2 Å². The fourth-order valence-corrected chi connectivity index (χ4v) is 1.54. The molecule has 1 heterocycles. The van der Waals surface area contributed by atoms with E-state index in [4.69, 9.17) is 28.3 Å². The van der Waals surface area contributed by atoms with Crippen LogP contribution in [-0.4, -0.2) is 10.1 Å². The summed E-state index contributed by atoms with van der Waals surface area (Å²) >= 11 is 11.0. The summed E-state index contributed by atoms with van der Waals surface area (Å²) in [7, 11) is 0. The zero-order valence-corrected chi connectivity index (χ0v) is 8.49. The van der Waals surface area contributed by atoms with Gasteiger partial charge in [0.15, 0.2) is 0 Å². The van der Waals surface area contributed by atoms with Crippen LogP contribution < -0.4 is 0 Å². The first-order chi connectivity index (χ1) is 6.61. The minimum atomic E-state index is -2.72. The second kappa shape index (κ2) is 4.87. The van der Waals surface area contributed by atoms with E-state index in [1.807, 2.05) is 0 Å². The van der Waals surface area contributed by atoms with Crippen molar-refractivity contribution in [3.8, 4) is 0 Å². The Balaban J connectivity index is 3.36. The van der Waals surface area contributed by atoms with Crippen LogP contribution in [0.2, 0.25) is 5.15 Å². The number of hydrogen-bond acceptors (Lipinski definition) is 2. The smallest absolute Gasteiger partial charge is 0.264 e. The van der Waals surface area contributed by atoms with E-state index < -0.39 is 13.0 Å². The highest BCUT2D eigenvalue weighted by molar-refractivity contribution is 6.30. The van der Waals surface area contributed by atoms with E-state index in [2.05, 4.69) is 4.98 Å². The van der Waals surface area contributed by atoms with Crippen molar-refractivity contribution in [3.05, 3.63) is 28.0 Å². The van der Waals surface area contributed by atoms with Crippen LogP contribution in [0, 0.1) is 0 Å². The van der Waals surface area contributed by atoms with Gasteiger partial charge in [0.2, 0.25) is 0 Å². The van der Waals surface area contributed by atoms with Crippen molar-refractivity contribution in [1.82, 2.24) is 4.98 Å². The molecule has 0 saturated carbocycles. The Labute approximate surface area is 89.5 Å². The third-order valence-electron chi connectivity index (χ3n) is 1.77. The number of aliphatic hydroxyl groups is 1. The zero-order chi connectivity index (χ0) is 10.7. The average Bonchev–Trinajstić information content (AvgIpc) is 2.17. The van der Waals surface area contributed by atoms with Crippen molar-refractivity contribution in [3.63, 3.8) is 0 Å². The van der Waals surface area contributed by atoms with Crippen molar-refractivity contribution in [2.75, 3.05) is 0 Å². The molecule has 78 valence electrons. The molecule has 0 aromatic carbocycles. The van der Waals surface area contributed by atoms with Gasteiger partial charge in [-0.15, -0.1) is 11.6 Å². The van der Waals surface area contributed by atoms with E-state index in [0.29, 0.717) is 0 Å². The summed E-state index contributed by atoms with van der Waals surface area (Å²) in [4.78, 5) is 3.65. The average molecular weight is 242 g/mol. The Morgan fingerprint density at radius 1 is 1.50 bits per heavy atom. The second-order valence-corrected chi connectivity index (χ2v) is 3.18. The van der Waals surface area contributed by atoms with Crippen LogP contribution in [0.4, 0.5) is 8.78 Å². The van der Waals surface area contributed by atoms with Gasteiger partial charge in [-0.2, -0.15) is 0 Å². The molecule has 0 radical (unpaired) electrons. The fraction of sp³-hybridized carbons (Fsp3) is 0.375. The van der Waals surface area contributed by atoms with E-state index in [-0.39, 0.29) is 27.7 Å². The van der Waals surface area contributed by atoms with E-state index in [9.17, 15) is 8.78 Å². The lowest BCUT2D eigenvalue weighted by atomic mass is 10.1. The first-order valence-corrected chi connectivity index (χ1v) is 4.64. The molecule has 1 rings (SSSR count). The van der Waals surface area contributed by atoms with Crippen molar-refractivity contribution < 1.29 is 13.9 Å². The van der Waals surface area contributed by atoms with Crippen LogP contribution in [0.3, 0.4) is 0 Å². The van der Waals surface area contributed by atoms with Gasteiger partial charge in [0, 0.05) is 23.2 Å². The molecule has 6 heteroatoms. The number of alkyl halides is 3. The molecule has 0 fully saturated rings. The number of aliphatic hydroxyl groups excluding tert-OH is 1. The highest BCUT2D eigenvalue weighted by Crippen LogP contribution is 2.30. The molecular formula is C8H7Cl2F2NO. The predicted octanol–water partition coefficient (Wildman–Crippen LogP) is 2.90. The van der Waals surface area contributed by atoms with Gasteiger partial charge in [-0.3, -0.25) is 0 Å². The van der Waals surface area contributed by atoms with Crippen molar-refractivity contribution in [2.24, 2.45) is 0 Å². The molecule has 1 aromatic rings. The Bertz CT molecular complexity index is 333. The SMILES string of the molecule is OCc1c(Cl)ncc(CCl)c1C(F)F. The summed E-state index contributed by atoms with van der Waals surface area (Å²) in [5.41, 5.74) is -0.183. The molecule has 0 aliphatic heterocycles. The van der Waals surface area contributed by atoms with Gasteiger partial charge < -0.3 is 5.11 Å². The van der Waals surface area contributed by atoms with E-state index in [1.54, 1.807) is 0 Å². The largest absolute Gasteiger partial charge is 0.392 e. The monoisotopic (exact) mass is 241 g/mol. The normalized spacial score (nSPS) is 11.0. The zero-order valence-electron chi connectivity index (χ0n) is 6.98. The predicted molar refractivity (Wildman–Crippen MR) is 49.7 cm³/mol. The summed E-state index contributed by atoms with van der Waals surface area (Å²) in [5.74, 6) is -0.0865. The minimum Gasteiger partial charge on any atom is -0.392 e. The number of pyridine rings is 1. The van der Waals surface area contributed by atoms with E-state index in [1.165, 1.54) is 6.20 Å². The number of hydrogen-bond donors (Lipinski definition) is 1. The van der Waals surface area contributed by atoms with Gasteiger partial charge in [0.1, 0.15) is 5.15 Å². The molecule has 0 unspecified atom stereocenters. The maximum absolute atomic E-state index is 12.6. The lowest BCUT2D eigenvalue weighted by Crippen LogP contribution is -2.02. The van der Waals surface area contributed by atoms with Gasteiger partial charge in [0.25, 0.3) is 6.43 Å². The number of halogens is 4. The highest BCUT2D eigenvalue weighted by Gasteiger charge is 2.20. The van der Waals surface area contributed by atoms with Gasteiger partial charge >= 0.3 is 0 Å². The highest BCUT2D eigenvalue weighted by atomic mass is 35.5. The topological polar surface area (TPSA) is 33.1 Å². The fourth-order valence-electron chi connectivity index (χ4n) is 1.12. The second-order valence-electron chi connectivity index (χ2n) is 2.56. The van der Waals surface area contributed by atoms with Gasteiger partial charge in [-0.05, 0) is 5.56 Å². The Hall–Kier alpha value is -0.450. The van der Waals surface area contributed by atoms with Crippen LogP contribution in [-0.2, 0) is 12.5 Å². The molecule has 0 amide bonds. The number of aromatic nitrogens is 1. The summed E-state index contributed by atoms with van der Waals surface area (Å²) in [6.07, 6.45) is -1.53. The Kier molecular flexibility index (Phi) is 4.04.